The van der Waals surface area contributed by atoms with E-state index in [2.05, 4.69) is 42.3 Å². The van der Waals surface area contributed by atoms with E-state index in [1.807, 2.05) is 31.2 Å². The Hall–Kier alpha value is -2.30. The average molecular weight is 391 g/mol. The van der Waals surface area contributed by atoms with Gasteiger partial charge < -0.3 is 9.47 Å². The normalized spacial score (nSPS) is 13.4. The van der Waals surface area contributed by atoms with Crippen LogP contribution in [0.4, 0.5) is 0 Å². The molecule has 0 aliphatic rings. The van der Waals surface area contributed by atoms with Crippen molar-refractivity contribution in [1.29, 1.82) is 0 Å². The number of rotatable bonds is 11. The lowest BCUT2D eigenvalue weighted by molar-refractivity contribution is -0.137. The summed E-state index contributed by atoms with van der Waals surface area (Å²) in [5.74, 6) is 2.17. The Morgan fingerprint density at radius 3 is 2.46 bits per heavy atom. The highest BCUT2D eigenvalue weighted by Crippen LogP contribution is 2.24. The third-order valence-corrected chi connectivity index (χ3v) is 4.73. The van der Waals surface area contributed by atoms with Crippen LogP contribution in [0, 0.1) is 11.8 Å². The van der Waals surface area contributed by atoms with Crippen LogP contribution >= 0.6 is 0 Å². The molecule has 0 amide bonds. The number of carbonyl (C=O) groups is 1. The predicted octanol–water partition coefficient (Wildman–Crippen LogP) is 5.93. The summed E-state index contributed by atoms with van der Waals surface area (Å²) in [5.41, 5.74) is 1.82. The van der Waals surface area contributed by atoms with E-state index in [4.69, 9.17) is 4.74 Å². The lowest BCUT2D eigenvalue weighted by Crippen LogP contribution is -2.13. The Morgan fingerprint density at radius 2 is 2.00 bits per heavy atom. The van der Waals surface area contributed by atoms with Gasteiger partial charge in [0.2, 0.25) is 0 Å². The summed E-state index contributed by atoms with van der Waals surface area (Å²) >= 11 is 0. The number of nitrogens with zero attached hydrogens (tertiary/aromatic N) is 1. The molecule has 2 atom stereocenters. The zero-order valence-electron chi connectivity index (χ0n) is 18.5. The van der Waals surface area contributed by atoms with Gasteiger partial charge in [-0.1, -0.05) is 46.6 Å². The van der Waals surface area contributed by atoms with Gasteiger partial charge in [-0.05, 0) is 55.0 Å². The highest BCUT2D eigenvalue weighted by molar-refractivity contribution is 5.69. The molecule has 1 N–H and O–H groups in total. The van der Waals surface area contributed by atoms with Crippen LogP contribution in [0.3, 0.4) is 0 Å². The van der Waals surface area contributed by atoms with E-state index in [1.54, 1.807) is 6.20 Å². The second-order valence-corrected chi connectivity index (χ2v) is 6.79. The van der Waals surface area contributed by atoms with Crippen LogP contribution in [-0.2, 0) is 14.3 Å². The molecule has 5 heteroatoms. The molecule has 0 radical (unpaired) electrons. The average Bonchev–Trinajstić information content (AvgIpc) is 3.24. The summed E-state index contributed by atoms with van der Waals surface area (Å²) < 4.78 is 10.0. The summed E-state index contributed by atoms with van der Waals surface area (Å²) in [5, 5.41) is 6.84. The van der Waals surface area contributed by atoms with E-state index in [9.17, 15) is 4.79 Å². The quantitative estimate of drug-likeness (QED) is 0.289. The van der Waals surface area contributed by atoms with Crippen LogP contribution in [0.25, 0.3) is 5.57 Å². The van der Waals surface area contributed by atoms with E-state index in [0.29, 0.717) is 0 Å². The summed E-state index contributed by atoms with van der Waals surface area (Å²) in [6, 6.07) is 1.91. The van der Waals surface area contributed by atoms with Gasteiger partial charge in [-0.3, -0.25) is 9.89 Å². The summed E-state index contributed by atoms with van der Waals surface area (Å²) in [6.45, 7) is 15.0. The Morgan fingerprint density at radius 1 is 1.32 bits per heavy atom. The van der Waals surface area contributed by atoms with Crippen molar-refractivity contribution in [2.75, 3.05) is 13.7 Å². The van der Waals surface area contributed by atoms with Gasteiger partial charge in [-0.2, -0.15) is 5.10 Å². The Balaban J connectivity index is 0.00000129. The molecule has 28 heavy (non-hydrogen) atoms. The minimum absolute atomic E-state index is 0.245. The van der Waals surface area contributed by atoms with Crippen molar-refractivity contribution >= 4 is 11.5 Å². The van der Waals surface area contributed by atoms with Gasteiger partial charge in [0.05, 0.1) is 19.4 Å². The standard InChI is InChI=1S/C20H32N2O.C3H6O2/c1-6-9-18(16(4)7-2)13-15-23-19(8-3)11-10-17(5)20-12-14-21-22-20;1-3(4)5-2/h8,10-12,14,16,18H,5-7,9,13,15H2,1-4H3,(H,21,22);1-2H3/b11-10-,19-8+;. The third kappa shape index (κ3) is 11.4. The van der Waals surface area contributed by atoms with Crippen molar-refractivity contribution in [3.8, 4) is 0 Å². The van der Waals surface area contributed by atoms with E-state index in [0.717, 1.165) is 41.9 Å². The fraction of sp³-hybridized carbons (Fsp3) is 0.565. The number of allylic oxidation sites excluding steroid dienone is 4. The van der Waals surface area contributed by atoms with Crippen LogP contribution in [0.1, 0.15) is 66.0 Å². The van der Waals surface area contributed by atoms with Crippen molar-refractivity contribution in [1.82, 2.24) is 10.2 Å². The molecule has 0 bridgehead atoms. The molecule has 1 heterocycles. The molecule has 0 aliphatic heterocycles. The van der Waals surface area contributed by atoms with Crippen LogP contribution < -0.4 is 0 Å². The number of nitrogens with one attached hydrogen (secondary N) is 1. The van der Waals surface area contributed by atoms with Gasteiger partial charge in [-0.15, -0.1) is 0 Å². The first-order chi connectivity index (χ1) is 13.4. The van der Waals surface area contributed by atoms with Gasteiger partial charge >= 0.3 is 5.97 Å². The number of aromatic nitrogens is 2. The number of ether oxygens (including phenoxy) is 2. The summed E-state index contributed by atoms with van der Waals surface area (Å²) in [6.07, 6.45) is 12.5. The molecule has 1 rings (SSSR count). The number of esters is 1. The van der Waals surface area contributed by atoms with Crippen molar-refractivity contribution in [2.45, 2.75) is 60.3 Å². The molecule has 0 aliphatic carbocycles. The number of hydrogen-bond donors (Lipinski definition) is 1. The second-order valence-electron chi connectivity index (χ2n) is 6.79. The van der Waals surface area contributed by atoms with Crippen molar-refractivity contribution in [3.63, 3.8) is 0 Å². The number of carbonyl (C=O) groups excluding carboxylic acids is 1. The molecule has 0 saturated carbocycles. The molecule has 2 unspecified atom stereocenters. The fourth-order valence-corrected chi connectivity index (χ4v) is 2.68. The van der Waals surface area contributed by atoms with Gasteiger partial charge in [0, 0.05) is 13.1 Å². The Bertz CT molecular complexity index is 603. The van der Waals surface area contributed by atoms with E-state index in [1.165, 1.54) is 33.3 Å². The molecular formula is C23H38N2O3. The largest absolute Gasteiger partial charge is 0.494 e. The maximum absolute atomic E-state index is 9.59. The van der Waals surface area contributed by atoms with E-state index in [-0.39, 0.29) is 5.97 Å². The lowest BCUT2D eigenvalue weighted by Gasteiger charge is -2.22. The van der Waals surface area contributed by atoms with Gasteiger partial charge in [0.25, 0.3) is 0 Å². The number of aromatic amines is 1. The topological polar surface area (TPSA) is 64.2 Å². The molecule has 0 spiro atoms. The first-order valence-corrected chi connectivity index (χ1v) is 10.1. The zero-order valence-corrected chi connectivity index (χ0v) is 18.5. The highest BCUT2D eigenvalue weighted by Gasteiger charge is 2.14. The molecular weight excluding hydrogens is 352 g/mol. The van der Waals surface area contributed by atoms with Gasteiger partial charge in [-0.25, -0.2) is 0 Å². The number of H-pyrrole nitrogens is 1. The fourth-order valence-electron chi connectivity index (χ4n) is 2.68. The Labute approximate surface area is 170 Å². The van der Waals surface area contributed by atoms with E-state index >= 15 is 0 Å². The maximum atomic E-state index is 9.59. The zero-order chi connectivity index (χ0) is 21.4. The maximum Gasteiger partial charge on any atom is 0.302 e. The van der Waals surface area contributed by atoms with Crippen LogP contribution in [0.15, 0.2) is 42.8 Å². The van der Waals surface area contributed by atoms with Crippen molar-refractivity contribution in [3.05, 3.63) is 48.5 Å². The third-order valence-electron chi connectivity index (χ3n) is 4.73. The molecule has 5 nitrogen and oxygen atoms in total. The van der Waals surface area contributed by atoms with Crippen molar-refractivity contribution < 1.29 is 14.3 Å². The molecule has 1 aromatic rings. The number of methoxy groups -OCH3 is 1. The molecule has 0 aromatic carbocycles. The SMILES string of the molecule is C=C(/C=C\C(=C/C)OCCC(CCC)C(C)CC)c1ccn[nH]1.COC(C)=O. The van der Waals surface area contributed by atoms with Crippen LogP contribution in [0.2, 0.25) is 0 Å². The van der Waals surface area contributed by atoms with Crippen LogP contribution in [-0.4, -0.2) is 29.9 Å². The monoisotopic (exact) mass is 390 g/mol. The lowest BCUT2D eigenvalue weighted by atomic mass is 9.86. The highest BCUT2D eigenvalue weighted by atomic mass is 16.5. The second kappa shape index (κ2) is 15.7. The molecule has 0 fully saturated rings. The molecule has 1 aromatic heterocycles. The first kappa shape index (κ1) is 25.7. The smallest absolute Gasteiger partial charge is 0.302 e. The van der Waals surface area contributed by atoms with Gasteiger partial charge in [0.1, 0.15) is 5.76 Å². The van der Waals surface area contributed by atoms with E-state index < -0.39 is 0 Å². The molecule has 0 saturated heterocycles. The van der Waals surface area contributed by atoms with Gasteiger partial charge in [0.15, 0.2) is 0 Å². The number of hydrogen-bond acceptors (Lipinski definition) is 4. The van der Waals surface area contributed by atoms with Crippen molar-refractivity contribution in [2.24, 2.45) is 11.8 Å². The Kier molecular flexibility index (Phi) is 14.4. The summed E-state index contributed by atoms with van der Waals surface area (Å²) in [4.78, 5) is 9.59. The minimum atomic E-state index is -0.245. The van der Waals surface area contributed by atoms with Crippen LogP contribution in [0.5, 0.6) is 0 Å². The summed E-state index contributed by atoms with van der Waals surface area (Å²) in [7, 11) is 1.35. The first-order valence-electron chi connectivity index (χ1n) is 10.1. The molecule has 158 valence electrons. The predicted molar refractivity (Wildman–Crippen MR) is 117 cm³/mol. The minimum Gasteiger partial charge on any atom is -0.494 e.